The third kappa shape index (κ3) is 5.32. The summed E-state index contributed by atoms with van der Waals surface area (Å²) in [6, 6.07) is 6.85. The molecule has 26 heavy (non-hydrogen) atoms. The fourth-order valence-electron chi connectivity index (χ4n) is 3.46. The molecule has 0 bridgehead atoms. The molecule has 0 atom stereocenters. The SMILES string of the molecule is CN=C(NCCN(CCOC)C1CC1)N1CCN(c2ccccn2)CC1. The lowest BCUT2D eigenvalue weighted by molar-refractivity contribution is 0.144. The number of rotatable bonds is 8. The van der Waals surface area contributed by atoms with E-state index >= 15 is 0 Å². The highest BCUT2D eigenvalue weighted by Gasteiger charge is 2.28. The number of methoxy groups -OCH3 is 1. The third-order valence-corrected chi connectivity index (χ3v) is 5.09. The molecule has 2 heterocycles. The highest BCUT2D eigenvalue weighted by Crippen LogP contribution is 2.26. The maximum Gasteiger partial charge on any atom is 0.193 e. The Labute approximate surface area is 157 Å². The number of pyridine rings is 1. The van der Waals surface area contributed by atoms with Crippen molar-refractivity contribution in [3.8, 4) is 0 Å². The topological polar surface area (TPSA) is 56.2 Å². The predicted molar refractivity (Wildman–Crippen MR) is 106 cm³/mol. The molecule has 1 aromatic rings. The normalized spacial score (nSPS) is 18.5. The van der Waals surface area contributed by atoms with Crippen molar-refractivity contribution >= 4 is 11.8 Å². The van der Waals surface area contributed by atoms with Gasteiger partial charge in [-0.15, -0.1) is 0 Å². The number of aliphatic imine (C=N–C) groups is 1. The monoisotopic (exact) mass is 360 g/mol. The fourth-order valence-corrected chi connectivity index (χ4v) is 3.46. The van der Waals surface area contributed by atoms with Gasteiger partial charge in [0.25, 0.3) is 0 Å². The van der Waals surface area contributed by atoms with E-state index < -0.39 is 0 Å². The highest BCUT2D eigenvalue weighted by atomic mass is 16.5. The number of anilines is 1. The van der Waals surface area contributed by atoms with Crippen molar-refractivity contribution in [2.75, 3.05) is 71.5 Å². The van der Waals surface area contributed by atoms with Crippen LogP contribution in [0.2, 0.25) is 0 Å². The van der Waals surface area contributed by atoms with Crippen LogP contribution < -0.4 is 10.2 Å². The first-order valence-corrected chi connectivity index (χ1v) is 9.66. The third-order valence-electron chi connectivity index (χ3n) is 5.09. The van der Waals surface area contributed by atoms with E-state index in [1.165, 1.54) is 12.8 Å². The molecular weight excluding hydrogens is 328 g/mol. The van der Waals surface area contributed by atoms with Crippen molar-refractivity contribution in [1.82, 2.24) is 20.1 Å². The Hall–Kier alpha value is -1.86. The van der Waals surface area contributed by atoms with Gasteiger partial charge in [-0.1, -0.05) is 6.07 Å². The quantitative estimate of drug-likeness (QED) is 0.549. The minimum absolute atomic E-state index is 0.760. The standard InChI is InChI=1S/C19H32N6O/c1-20-19(22-9-10-23(15-16-26-2)17-6-7-17)25-13-11-24(12-14-25)18-5-3-4-8-21-18/h3-5,8,17H,6-7,9-16H2,1-2H3,(H,20,22). The van der Waals surface area contributed by atoms with E-state index in [0.717, 1.165) is 70.2 Å². The molecule has 144 valence electrons. The zero-order valence-corrected chi connectivity index (χ0v) is 16.1. The lowest BCUT2D eigenvalue weighted by Crippen LogP contribution is -2.53. The molecule has 1 saturated carbocycles. The van der Waals surface area contributed by atoms with E-state index in [0.29, 0.717) is 0 Å². The van der Waals surface area contributed by atoms with Crippen LogP contribution in [0.5, 0.6) is 0 Å². The van der Waals surface area contributed by atoms with Crippen LogP contribution in [0.4, 0.5) is 5.82 Å². The van der Waals surface area contributed by atoms with Crippen molar-refractivity contribution in [3.63, 3.8) is 0 Å². The summed E-state index contributed by atoms with van der Waals surface area (Å²) in [6.45, 7) is 7.66. The first-order valence-electron chi connectivity index (χ1n) is 9.66. The number of aromatic nitrogens is 1. The molecule has 1 aromatic heterocycles. The minimum Gasteiger partial charge on any atom is -0.383 e. The molecule has 3 rings (SSSR count). The fraction of sp³-hybridized carbons (Fsp3) is 0.684. The minimum atomic E-state index is 0.760. The summed E-state index contributed by atoms with van der Waals surface area (Å²) >= 11 is 0. The van der Waals surface area contributed by atoms with Gasteiger partial charge < -0.3 is 19.9 Å². The molecule has 1 aliphatic carbocycles. The molecule has 7 heteroatoms. The Morgan fingerprint density at radius 3 is 2.69 bits per heavy atom. The van der Waals surface area contributed by atoms with Crippen molar-refractivity contribution < 1.29 is 4.74 Å². The molecule has 1 aliphatic heterocycles. The summed E-state index contributed by atoms with van der Waals surface area (Å²) in [6.07, 6.45) is 4.51. The molecule has 2 fully saturated rings. The van der Waals surface area contributed by atoms with Gasteiger partial charge in [-0.2, -0.15) is 0 Å². The number of ether oxygens (including phenoxy) is 1. The number of hydrogen-bond donors (Lipinski definition) is 1. The number of hydrogen-bond acceptors (Lipinski definition) is 5. The van der Waals surface area contributed by atoms with Gasteiger partial charge in [0, 0.05) is 72.2 Å². The molecule has 2 aliphatic rings. The van der Waals surface area contributed by atoms with E-state index in [1.807, 2.05) is 25.4 Å². The lowest BCUT2D eigenvalue weighted by Gasteiger charge is -2.37. The Morgan fingerprint density at radius 1 is 1.27 bits per heavy atom. The molecule has 1 N–H and O–H groups in total. The summed E-state index contributed by atoms with van der Waals surface area (Å²) in [4.78, 5) is 16.1. The Balaban J connectivity index is 1.42. The molecule has 0 aromatic carbocycles. The van der Waals surface area contributed by atoms with E-state index in [4.69, 9.17) is 4.74 Å². The van der Waals surface area contributed by atoms with Crippen LogP contribution in [0.15, 0.2) is 29.4 Å². The van der Waals surface area contributed by atoms with Crippen molar-refractivity contribution in [3.05, 3.63) is 24.4 Å². The van der Waals surface area contributed by atoms with E-state index in [1.54, 1.807) is 7.11 Å². The van der Waals surface area contributed by atoms with Crippen molar-refractivity contribution in [1.29, 1.82) is 0 Å². The average Bonchev–Trinajstić information content (AvgIpc) is 3.54. The number of nitrogens with zero attached hydrogens (tertiary/aromatic N) is 5. The first-order chi connectivity index (χ1) is 12.8. The van der Waals surface area contributed by atoms with Gasteiger partial charge in [-0.05, 0) is 25.0 Å². The molecule has 0 spiro atoms. The maximum absolute atomic E-state index is 5.24. The molecule has 0 radical (unpaired) electrons. The van der Waals surface area contributed by atoms with E-state index in [-0.39, 0.29) is 0 Å². The van der Waals surface area contributed by atoms with Crippen molar-refractivity contribution in [2.24, 2.45) is 4.99 Å². The molecule has 7 nitrogen and oxygen atoms in total. The maximum atomic E-state index is 5.24. The Bertz CT molecular complexity index is 554. The van der Waals surface area contributed by atoms with Gasteiger partial charge >= 0.3 is 0 Å². The van der Waals surface area contributed by atoms with Gasteiger partial charge in [0.2, 0.25) is 0 Å². The zero-order chi connectivity index (χ0) is 18.2. The molecule has 0 amide bonds. The largest absolute Gasteiger partial charge is 0.383 e. The van der Waals surface area contributed by atoms with Gasteiger partial charge in [0.1, 0.15) is 5.82 Å². The molecular formula is C19H32N6O. The molecule has 1 saturated heterocycles. The zero-order valence-electron chi connectivity index (χ0n) is 16.1. The van der Waals surface area contributed by atoms with Gasteiger partial charge in [0.15, 0.2) is 5.96 Å². The summed E-state index contributed by atoms with van der Waals surface area (Å²) < 4.78 is 5.24. The van der Waals surface area contributed by atoms with Crippen LogP contribution in [-0.2, 0) is 4.74 Å². The summed E-state index contributed by atoms with van der Waals surface area (Å²) in [5.41, 5.74) is 0. The average molecular weight is 361 g/mol. The Morgan fingerprint density at radius 2 is 2.08 bits per heavy atom. The van der Waals surface area contributed by atoms with E-state index in [9.17, 15) is 0 Å². The van der Waals surface area contributed by atoms with Crippen molar-refractivity contribution in [2.45, 2.75) is 18.9 Å². The summed E-state index contributed by atoms with van der Waals surface area (Å²) in [5.74, 6) is 2.07. The van der Waals surface area contributed by atoms with Crippen LogP contribution in [0.25, 0.3) is 0 Å². The summed E-state index contributed by atoms with van der Waals surface area (Å²) in [5, 5.41) is 3.54. The van der Waals surface area contributed by atoms with Gasteiger partial charge in [-0.3, -0.25) is 9.89 Å². The summed E-state index contributed by atoms with van der Waals surface area (Å²) in [7, 11) is 3.65. The first kappa shape index (κ1) is 18.9. The van der Waals surface area contributed by atoms with Gasteiger partial charge in [0.05, 0.1) is 6.61 Å². The van der Waals surface area contributed by atoms with Crippen LogP contribution in [0.1, 0.15) is 12.8 Å². The second kappa shape index (κ2) is 9.73. The molecule has 0 unspecified atom stereocenters. The van der Waals surface area contributed by atoms with E-state index in [2.05, 4.69) is 36.1 Å². The number of piperazine rings is 1. The predicted octanol–water partition coefficient (Wildman–Crippen LogP) is 0.890. The Kier molecular flexibility index (Phi) is 7.08. The number of guanidine groups is 1. The smallest absolute Gasteiger partial charge is 0.193 e. The lowest BCUT2D eigenvalue weighted by atomic mass is 10.3. The number of nitrogens with one attached hydrogen (secondary N) is 1. The second-order valence-electron chi connectivity index (χ2n) is 6.90. The van der Waals surface area contributed by atoms with Crippen LogP contribution in [0, 0.1) is 0 Å². The highest BCUT2D eigenvalue weighted by molar-refractivity contribution is 5.80. The van der Waals surface area contributed by atoms with Gasteiger partial charge in [-0.25, -0.2) is 4.98 Å². The second-order valence-corrected chi connectivity index (χ2v) is 6.90. The van der Waals surface area contributed by atoms with Crippen LogP contribution in [0.3, 0.4) is 0 Å². The van der Waals surface area contributed by atoms with Crippen LogP contribution >= 0.6 is 0 Å². The van der Waals surface area contributed by atoms with Crippen LogP contribution in [-0.4, -0.2) is 93.4 Å².